The number of nitrogens with one attached hydrogen (secondary N) is 1. The van der Waals surface area contributed by atoms with Crippen molar-refractivity contribution in [1.29, 1.82) is 0 Å². The lowest BCUT2D eigenvalue weighted by molar-refractivity contribution is 0.0787. The number of ketones is 1. The molecule has 1 aliphatic heterocycles. The van der Waals surface area contributed by atoms with Crippen molar-refractivity contribution in [3.8, 4) is 10.8 Å². The number of H-pyrrole nitrogens is 1. The minimum Gasteiger partial charge on any atom is -0.410 e. The Hall–Kier alpha value is -2.39. The van der Waals surface area contributed by atoms with Crippen LogP contribution in [0.2, 0.25) is 0 Å². The lowest BCUT2D eigenvalue weighted by atomic mass is 9.90. The van der Waals surface area contributed by atoms with Crippen molar-refractivity contribution >= 4 is 34.8 Å². The van der Waals surface area contributed by atoms with E-state index < -0.39 is 0 Å². The number of hydrogen-bond acceptors (Lipinski definition) is 7. The first-order chi connectivity index (χ1) is 15.1. The van der Waals surface area contributed by atoms with E-state index in [1.165, 1.54) is 28.6 Å². The van der Waals surface area contributed by atoms with E-state index in [2.05, 4.69) is 28.2 Å². The standard InChI is InChI=1S/C22H24N4O3S2/c1-13-4-5-18-14(8-13)10-19(31-18)20-24-25-22(29-20)30-12-17(27)15-9-16(23-11-15)21(28)26-6-2-3-7-26/h9-11,13,23H,2-8,12H2,1H3. The molecule has 0 saturated carbocycles. The average Bonchev–Trinajstić information content (AvgIpc) is 3.56. The van der Waals surface area contributed by atoms with Crippen molar-refractivity contribution < 1.29 is 14.0 Å². The van der Waals surface area contributed by atoms with Crippen molar-refractivity contribution in [2.75, 3.05) is 18.8 Å². The summed E-state index contributed by atoms with van der Waals surface area (Å²) in [4.78, 5) is 32.2. The highest BCUT2D eigenvalue weighted by molar-refractivity contribution is 7.99. The molecule has 9 heteroatoms. The Morgan fingerprint density at radius 3 is 2.97 bits per heavy atom. The fourth-order valence-electron chi connectivity index (χ4n) is 4.16. The largest absolute Gasteiger partial charge is 0.410 e. The molecule has 0 bridgehead atoms. The number of aromatic nitrogens is 3. The predicted molar refractivity (Wildman–Crippen MR) is 120 cm³/mol. The number of amides is 1. The molecule has 1 amide bonds. The van der Waals surface area contributed by atoms with Gasteiger partial charge < -0.3 is 14.3 Å². The van der Waals surface area contributed by atoms with E-state index >= 15 is 0 Å². The molecule has 3 aromatic rings. The minimum absolute atomic E-state index is 0.0428. The molecule has 0 aromatic carbocycles. The van der Waals surface area contributed by atoms with Gasteiger partial charge in [0, 0.05) is 29.7 Å². The number of thioether (sulfide) groups is 1. The molecule has 1 aliphatic carbocycles. The summed E-state index contributed by atoms with van der Waals surface area (Å²) in [5.41, 5.74) is 2.36. The summed E-state index contributed by atoms with van der Waals surface area (Å²) in [6.45, 7) is 3.85. The van der Waals surface area contributed by atoms with Gasteiger partial charge >= 0.3 is 0 Å². The van der Waals surface area contributed by atoms with Gasteiger partial charge in [-0.15, -0.1) is 21.5 Å². The van der Waals surface area contributed by atoms with Gasteiger partial charge in [-0.3, -0.25) is 9.59 Å². The van der Waals surface area contributed by atoms with E-state index in [0.29, 0.717) is 28.3 Å². The van der Waals surface area contributed by atoms with Crippen molar-refractivity contribution in [1.82, 2.24) is 20.1 Å². The van der Waals surface area contributed by atoms with Gasteiger partial charge in [-0.25, -0.2) is 0 Å². The smallest absolute Gasteiger partial charge is 0.277 e. The van der Waals surface area contributed by atoms with Gasteiger partial charge in [0.2, 0.25) is 0 Å². The topological polar surface area (TPSA) is 92.1 Å². The van der Waals surface area contributed by atoms with Gasteiger partial charge in [-0.2, -0.15) is 0 Å². The van der Waals surface area contributed by atoms with Crippen LogP contribution in [0.25, 0.3) is 10.8 Å². The second-order valence-corrected chi connectivity index (χ2v) is 10.4. The third kappa shape index (κ3) is 4.34. The highest BCUT2D eigenvalue weighted by Crippen LogP contribution is 2.37. The normalized spacial score (nSPS) is 18.4. The van der Waals surface area contributed by atoms with Crippen LogP contribution in [-0.2, 0) is 12.8 Å². The summed E-state index contributed by atoms with van der Waals surface area (Å²) in [5, 5.41) is 8.65. The Labute approximate surface area is 188 Å². The molecule has 5 rings (SSSR count). The van der Waals surface area contributed by atoms with Gasteiger partial charge in [-0.05, 0) is 55.7 Å². The maximum absolute atomic E-state index is 12.6. The second kappa shape index (κ2) is 8.63. The van der Waals surface area contributed by atoms with Crippen LogP contribution in [0.15, 0.2) is 28.0 Å². The zero-order valence-corrected chi connectivity index (χ0v) is 19.0. The number of nitrogens with zero attached hydrogens (tertiary/aromatic N) is 3. The molecule has 1 saturated heterocycles. The Morgan fingerprint density at radius 1 is 1.29 bits per heavy atom. The molecule has 0 radical (unpaired) electrons. The monoisotopic (exact) mass is 456 g/mol. The maximum Gasteiger partial charge on any atom is 0.277 e. The van der Waals surface area contributed by atoms with E-state index in [9.17, 15) is 9.59 Å². The lowest BCUT2D eigenvalue weighted by Crippen LogP contribution is -2.27. The molecule has 1 fully saturated rings. The van der Waals surface area contributed by atoms with E-state index in [4.69, 9.17) is 4.42 Å². The zero-order chi connectivity index (χ0) is 21.4. The van der Waals surface area contributed by atoms with Crippen LogP contribution in [0, 0.1) is 5.92 Å². The number of thiophene rings is 1. The summed E-state index contributed by atoms with van der Waals surface area (Å²) in [6.07, 6.45) is 7.12. The number of rotatable bonds is 6. The SMILES string of the molecule is CC1CCc2sc(-c3nnc(SCC(=O)c4c[nH]c(C(=O)N5CCCC5)c4)o3)cc2C1. The van der Waals surface area contributed by atoms with Crippen molar-refractivity contribution in [3.63, 3.8) is 0 Å². The van der Waals surface area contributed by atoms with E-state index in [1.54, 1.807) is 23.6 Å². The Balaban J connectivity index is 1.20. The Kier molecular flexibility index (Phi) is 5.71. The molecule has 0 spiro atoms. The number of carbonyl (C=O) groups is 2. The first kappa shape index (κ1) is 20.5. The van der Waals surface area contributed by atoms with Gasteiger partial charge in [0.1, 0.15) is 5.69 Å². The van der Waals surface area contributed by atoms with Crippen molar-refractivity contribution in [2.45, 2.75) is 44.3 Å². The fourth-order valence-corrected chi connectivity index (χ4v) is 5.95. The lowest BCUT2D eigenvalue weighted by Gasteiger charge is -2.16. The quantitative estimate of drug-likeness (QED) is 0.435. The molecule has 4 heterocycles. The summed E-state index contributed by atoms with van der Waals surface area (Å²) < 4.78 is 5.80. The number of aromatic amines is 1. The summed E-state index contributed by atoms with van der Waals surface area (Å²) in [6, 6.07) is 3.81. The highest BCUT2D eigenvalue weighted by atomic mass is 32.2. The third-order valence-corrected chi connectivity index (χ3v) is 7.95. The van der Waals surface area contributed by atoms with Crippen molar-refractivity contribution in [3.05, 3.63) is 40.0 Å². The zero-order valence-electron chi connectivity index (χ0n) is 17.3. The van der Waals surface area contributed by atoms with Crippen LogP contribution < -0.4 is 0 Å². The number of aryl methyl sites for hydroxylation is 1. The molecule has 2 aliphatic rings. The van der Waals surface area contributed by atoms with E-state index in [-0.39, 0.29) is 17.4 Å². The van der Waals surface area contributed by atoms with Crippen LogP contribution in [0.4, 0.5) is 0 Å². The number of carbonyl (C=O) groups excluding carboxylic acids is 2. The Morgan fingerprint density at radius 2 is 2.13 bits per heavy atom. The molecule has 162 valence electrons. The molecule has 1 atom stereocenters. The van der Waals surface area contributed by atoms with E-state index in [0.717, 1.165) is 43.6 Å². The highest BCUT2D eigenvalue weighted by Gasteiger charge is 2.23. The first-order valence-electron chi connectivity index (χ1n) is 10.7. The summed E-state index contributed by atoms with van der Waals surface area (Å²) in [7, 11) is 0. The molecule has 3 aromatic heterocycles. The molecule has 7 nitrogen and oxygen atoms in total. The maximum atomic E-state index is 12.6. The predicted octanol–water partition coefficient (Wildman–Crippen LogP) is 4.46. The number of Topliss-reactive ketones (excluding diaryl/α,β-unsaturated/α-hetero) is 1. The van der Waals surface area contributed by atoms with Gasteiger partial charge in [0.15, 0.2) is 5.78 Å². The van der Waals surface area contributed by atoms with Crippen LogP contribution >= 0.6 is 23.1 Å². The first-order valence-corrected chi connectivity index (χ1v) is 12.5. The van der Waals surface area contributed by atoms with Gasteiger partial charge in [0.25, 0.3) is 17.0 Å². The number of hydrogen-bond donors (Lipinski definition) is 1. The van der Waals surface area contributed by atoms with E-state index in [1.807, 2.05) is 4.90 Å². The number of fused-ring (bicyclic) bond motifs is 1. The Bertz CT molecular complexity index is 1110. The second-order valence-electron chi connectivity index (χ2n) is 8.29. The summed E-state index contributed by atoms with van der Waals surface area (Å²) in [5.74, 6) is 1.28. The summed E-state index contributed by atoms with van der Waals surface area (Å²) >= 11 is 2.95. The van der Waals surface area contributed by atoms with Gasteiger partial charge in [0.05, 0.1) is 10.6 Å². The molecule has 31 heavy (non-hydrogen) atoms. The molecule has 1 unspecified atom stereocenters. The molecular weight excluding hydrogens is 432 g/mol. The minimum atomic E-state index is -0.0814. The van der Waals surface area contributed by atoms with Crippen LogP contribution in [0.1, 0.15) is 57.5 Å². The van der Waals surface area contributed by atoms with Crippen LogP contribution in [0.5, 0.6) is 0 Å². The molecular formula is C22H24N4O3S2. The molecule has 1 N–H and O–H groups in total. The number of likely N-dealkylation sites (tertiary alicyclic amines) is 1. The van der Waals surface area contributed by atoms with Crippen LogP contribution in [-0.4, -0.2) is 50.6 Å². The van der Waals surface area contributed by atoms with Gasteiger partial charge in [-0.1, -0.05) is 18.7 Å². The fraction of sp³-hybridized carbons (Fsp3) is 0.455. The van der Waals surface area contributed by atoms with Crippen LogP contribution in [0.3, 0.4) is 0 Å². The third-order valence-electron chi connectivity index (χ3n) is 5.90. The van der Waals surface area contributed by atoms with Crippen molar-refractivity contribution in [2.24, 2.45) is 5.92 Å². The average molecular weight is 457 g/mol.